The molecule has 186 valence electrons. The summed E-state index contributed by atoms with van der Waals surface area (Å²) >= 11 is 0. The predicted octanol–water partition coefficient (Wildman–Crippen LogP) is 1.11. The van der Waals surface area contributed by atoms with Crippen molar-refractivity contribution in [2.75, 3.05) is 11.9 Å². The molecule has 1 heterocycles. The van der Waals surface area contributed by atoms with E-state index in [4.69, 9.17) is 28.4 Å². The highest BCUT2D eigenvalue weighted by Gasteiger charge is 2.53. The molecule has 4 unspecified atom stereocenters. The Balaban J connectivity index is 2.40. The Bertz CT molecular complexity index is 914. The van der Waals surface area contributed by atoms with E-state index in [0.29, 0.717) is 5.69 Å². The van der Waals surface area contributed by atoms with Crippen molar-refractivity contribution in [3.05, 3.63) is 24.3 Å². The van der Waals surface area contributed by atoms with E-state index in [1.807, 2.05) is 0 Å². The zero-order valence-electron chi connectivity index (χ0n) is 19.4. The van der Waals surface area contributed by atoms with Gasteiger partial charge in [-0.1, -0.05) is 0 Å². The molecule has 12 nitrogen and oxygen atoms in total. The SMILES string of the molecule is CC(=O)Nc1ccc(OC2OC(COC(C)=O)[C@@H](OC(C)=O)C(OC(C)=O)C2OC(C)=O)cc1. The number of hydrogen-bond donors (Lipinski definition) is 1. The zero-order chi connectivity index (χ0) is 25.4. The second-order valence-electron chi connectivity index (χ2n) is 7.39. The number of nitrogens with one attached hydrogen (secondary N) is 1. The van der Waals surface area contributed by atoms with Crippen molar-refractivity contribution in [1.82, 2.24) is 0 Å². The summed E-state index contributed by atoms with van der Waals surface area (Å²) in [7, 11) is 0. The molecular weight excluding hydrogens is 454 g/mol. The molecule has 0 spiro atoms. The third-order valence-electron chi connectivity index (χ3n) is 4.38. The molecule has 2 rings (SSSR count). The minimum Gasteiger partial charge on any atom is -0.463 e. The Kier molecular flexibility index (Phi) is 9.36. The second-order valence-corrected chi connectivity index (χ2v) is 7.39. The number of anilines is 1. The smallest absolute Gasteiger partial charge is 0.303 e. The molecule has 0 aromatic heterocycles. The first-order valence-electron chi connectivity index (χ1n) is 10.3. The summed E-state index contributed by atoms with van der Waals surface area (Å²) in [6, 6.07) is 6.20. The Morgan fingerprint density at radius 2 is 1.29 bits per heavy atom. The average molecular weight is 481 g/mol. The van der Waals surface area contributed by atoms with E-state index in [9.17, 15) is 24.0 Å². The summed E-state index contributed by atoms with van der Waals surface area (Å²) in [4.78, 5) is 58.0. The molecule has 1 saturated heterocycles. The van der Waals surface area contributed by atoms with Crippen LogP contribution in [0, 0.1) is 0 Å². The lowest BCUT2D eigenvalue weighted by atomic mass is 9.98. The number of carbonyl (C=O) groups is 5. The molecular formula is C22H27NO11. The molecule has 0 saturated carbocycles. The number of hydrogen-bond acceptors (Lipinski definition) is 11. The topological polar surface area (TPSA) is 153 Å². The molecule has 1 aromatic rings. The Morgan fingerprint density at radius 3 is 1.79 bits per heavy atom. The molecule has 1 amide bonds. The van der Waals surface area contributed by atoms with E-state index >= 15 is 0 Å². The van der Waals surface area contributed by atoms with Gasteiger partial charge in [0.2, 0.25) is 18.3 Å². The molecule has 0 radical (unpaired) electrons. The van der Waals surface area contributed by atoms with Crippen LogP contribution in [0.25, 0.3) is 0 Å². The van der Waals surface area contributed by atoms with E-state index in [-0.39, 0.29) is 18.3 Å². The molecule has 1 aliphatic heterocycles. The molecule has 1 aromatic carbocycles. The van der Waals surface area contributed by atoms with Crippen LogP contribution in [0.4, 0.5) is 5.69 Å². The van der Waals surface area contributed by atoms with Crippen LogP contribution in [0.15, 0.2) is 24.3 Å². The van der Waals surface area contributed by atoms with E-state index in [0.717, 1.165) is 20.8 Å². The standard InChI is InChI=1S/C22H27NO11/c1-11(24)23-16-6-8-17(9-7-16)33-22-21(32-15(5)28)20(31-14(4)27)19(30-13(3)26)18(34-22)10-29-12(2)25/h6-9,18-22H,10H2,1-5H3,(H,23,24)/t18?,19-,20?,21?,22?/m1/s1. The number of carbonyl (C=O) groups excluding carboxylic acids is 5. The predicted molar refractivity (Wildman–Crippen MR) is 113 cm³/mol. The lowest BCUT2D eigenvalue weighted by Crippen LogP contribution is -2.63. The molecule has 1 N–H and O–H groups in total. The molecule has 0 aliphatic carbocycles. The van der Waals surface area contributed by atoms with Gasteiger partial charge in [0.15, 0.2) is 12.2 Å². The van der Waals surface area contributed by atoms with E-state index < -0.39 is 54.6 Å². The van der Waals surface area contributed by atoms with Crippen LogP contribution in [0.1, 0.15) is 34.6 Å². The van der Waals surface area contributed by atoms with Crippen LogP contribution in [0.5, 0.6) is 5.75 Å². The molecule has 1 fully saturated rings. The highest BCUT2D eigenvalue weighted by Crippen LogP contribution is 2.31. The van der Waals surface area contributed by atoms with Gasteiger partial charge >= 0.3 is 23.9 Å². The van der Waals surface area contributed by atoms with Gasteiger partial charge in [-0.05, 0) is 24.3 Å². The molecule has 12 heteroatoms. The van der Waals surface area contributed by atoms with Gasteiger partial charge in [0.1, 0.15) is 18.5 Å². The van der Waals surface area contributed by atoms with Gasteiger partial charge in [-0.3, -0.25) is 24.0 Å². The van der Waals surface area contributed by atoms with Gasteiger partial charge in [-0.15, -0.1) is 0 Å². The number of ether oxygens (including phenoxy) is 6. The highest BCUT2D eigenvalue weighted by molar-refractivity contribution is 5.88. The summed E-state index contributed by atoms with van der Waals surface area (Å²) in [6.07, 6.45) is -6.40. The maximum absolute atomic E-state index is 11.8. The fourth-order valence-electron chi connectivity index (χ4n) is 3.24. The van der Waals surface area contributed by atoms with Crippen molar-refractivity contribution < 1.29 is 52.4 Å². The molecule has 0 bridgehead atoms. The van der Waals surface area contributed by atoms with Crippen LogP contribution >= 0.6 is 0 Å². The van der Waals surface area contributed by atoms with Gasteiger partial charge in [0, 0.05) is 40.3 Å². The largest absolute Gasteiger partial charge is 0.463 e. The average Bonchev–Trinajstić information content (AvgIpc) is 2.71. The van der Waals surface area contributed by atoms with E-state index in [2.05, 4.69) is 5.32 Å². The van der Waals surface area contributed by atoms with Crippen molar-refractivity contribution in [1.29, 1.82) is 0 Å². The number of esters is 4. The van der Waals surface area contributed by atoms with Gasteiger partial charge < -0.3 is 33.7 Å². The first-order chi connectivity index (χ1) is 16.0. The summed E-state index contributed by atoms with van der Waals surface area (Å²) in [5.41, 5.74) is 0.515. The van der Waals surface area contributed by atoms with Crippen molar-refractivity contribution in [2.45, 2.75) is 65.3 Å². The third kappa shape index (κ3) is 8.03. The van der Waals surface area contributed by atoms with E-state index in [1.165, 1.54) is 26.0 Å². The van der Waals surface area contributed by atoms with Crippen LogP contribution in [0.2, 0.25) is 0 Å². The normalized spacial score (nSPS) is 23.7. The van der Waals surface area contributed by atoms with E-state index in [1.54, 1.807) is 12.1 Å². The Hall–Kier alpha value is -3.67. The number of benzene rings is 1. The summed E-state index contributed by atoms with van der Waals surface area (Å²) in [5.74, 6) is -2.83. The Morgan fingerprint density at radius 1 is 0.765 bits per heavy atom. The van der Waals surface area contributed by atoms with Crippen LogP contribution in [-0.2, 0) is 47.7 Å². The van der Waals surface area contributed by atoms with Crippen LogP contribution in [0.3, 0.4) is 0 Å². The highest BCUT2D eigenvalue weighted by atomic mass is 16.7. The quantitative estimate of drug-likeness (QED) is 0.419. The van der Waals surface area contributed by atoms with Gasteiger partial charge in [0.25, 0.3) is 0 Å². The minimum atomic E-state index is -1.34. The lowest BCUT2D eigenvalue weighted by Gasteiger charge is -2.43. The number of rotatable bonds is 8. The van der Waals surface area contributed by atoms with Crippen molar-refractivity contribution in [2.24, 2.45) is 0 Å². The maximum Gasteiger partial charge on any atom is 0.303 e. The van der Waals surface area contributed by atoms with Crippen LogP contribution < -0.4 is 10.1 Å². The summed E-state index contributed by atoms with van der Waals surface area (Å²) in [6.45, 7) is 5.58. The Labute approximate surface area is 195 Å². The third-order valence-corrected chi connectivity index (χ3v) is 4.38. The maximum atomic E-state index is 11.8. The van der Waals surface area contributed by atoms with Crippen molar-refractivity contribution in [3.8, 4) is 5.75 Å². The van der Waals surface area contributed by atoms with Crippen LogP contribution in [-0.4, -0.2) is 67.1 Å². The summed E-state index contributed by atoms with van der Waals surface area (Å²) < 4.78 is 32.7. The second kappa shape index (κ2) is 12.0. The summed E-state index contributed by atoms with van der Waals surface area (Å²) in [5, 5.41) is 2.61. The first-order valence-corrected chi connectivity index (χ1v) is 10.3. The van der Waals surface area contributed by atoms with Gasteiger partial charge in [-0.2, -0.15) is 0 Å². The lowest BCUT2D eigenvalue weighted by molar-refractivity contribution is -0.288. The van der Waals surface area contributed by atoms with Gasteiger partial charge in [-0.25, -0.2) is 0 Å². The van der Waals surface area contributed by atoms with Gasteiger partial charge in [0.05, 0.1) is 0 Å². The monoisotopic (exact) mass is 481 g/mol. The fraction of sp³-hybridized carbons (Fsp3) is 0.500. The first kappa shape index (κ1) is 26.6. The molecule has 34 heavy (non-hydrogen) atoms. The molecule has 5 atom stereocenters. The van der Waals surface area contributed by atoms with Crippen molar-refractivity contribution >= 4 is 35.5 Å². The molecule has 1 aliphatic rings. The van der Waals surface area contributed by atoms with Crippen molar-refractivity contribution in [3.63, 3.8) is 0 Å². The number of amides is 1. The fourth-order valence-corrected chi connectivity index (χ4v) is 3.24. The minimum absolute atomic E-state index is 0.256. The zero-order valence-corrected chi connectivity index (χ0v) is 19.4.